The molecule has 3 heterocycles. The van der Waals surface area contributed by atoms with Crippen LogP contribution in [-0.4, -0.2) is 58.0 Å². The molecule has 0 amide bonds. The molecule has 204 valence electrons. The van der Waals surface area contributed by atoms with E-state index in [1.807, 2.05) is 0 Å². The molecule has 0 spiro atoms. The van der Waals surface area contributed by atoms with E-state index in [1.165, 1.54) is 55.4 Å². The quantitative estimate of drug-likeness (QED) is 0.408. The van der Waals surface area contributed by atoms with Crippen molar-refractivity contribution in [2.45, 2.75) is 30.9 Å². The summed E-state index contributed by atoms with van der Waals surface area (Å²) < 4.78 is 91.0. The molecule has 1 N–H and O–H groups in total. The van der Waals surface area contributed by atoms with Crippen molar-refractivity contribution in [1.82, 2.24) is 14.5 Å². The number of pyridine rings is 1. The van der Waals surface area contributed by atoms with Gasteiger partial charge in [-0.15, -0.1) is 0 Å². The van der Waals surface area contributed by atoms with Gasteiger partial charge in [0.15, 0.2) is 18.2 Å². The van der Waals surface area contributed by atoms with Crippen molar-refractivity contribution in [2.75, 3.05) is 13.7 Å². The first-order valence-corrected chi connectivity index (χ1v) is 11.4. The predicted molar refractivity (Wildman–Crippen MR) is 127 cm³/mol. The second kappa shape index (κ2) is 9.77. The van der Waals surface area contributed by atoms with Gasteiger partial charge in [0.25, 0.3) is 5.88 Å². The number of rotatable bonds is 6. The first-order chi connectivity index (χ1) is 17.7. The zero-order valence-electron chi connectivity index (χ0n) is 20.1. The zero-order valence-corrected chi connectivity index (χ0v) is 20.9. The zero-order chi connectivity index (χ0) is 28.0. The smallest absolute Gasteiger partial charge is 0.422 e. The molecule has 4 rings (SSSR count). The molecule has 0 radical (unpaired) electrons. The van der Waals surface area contributed by atoms with E-state index in [1.54, 1.807) is 7.05 Å². The summed E-state index contributed by atoms with van der Waals surface area (Å²) in [6, 6.07) is 2.06. The summed E-state index contributed by atoms with van der Waals surface area (Å²) in [5.74, 6) is -2.06. The number of aromatic nitrogens is 3. The Bertz CT molecular complexity index is 1420. The third kappa shape index (κ3) is 4.92. The topological polar surface area (TPSA) is 81.8 Å². The van der Waals surface area contributed by atoms with Gasteiger partial charge in [-0.25, -0.2) is 9.97 Å². The highest BCUT2D eigenvalue weighted by Gasteiger charge is 2.50. The number of benzene rings is 1. The van der Waals surface area contributed by atoms with Crippen LogP contribution in [0.1, 0.15) is 18.2 Å². The fourth-order valence-electron chi connectivity index (χ4n) is 4.48. The number of nitrogens with zero attached hydrogens (tertiary/aromatic N) is 4. The van der Waals surface area contributed by atoms with Crippen LogP contribution in [0.25, 0.3) is 10.9 Å². The minimum atomic E-state index is -4.68. The Balaban J connectivity index is 1.93. The van der Waals surface area contributed by atoms with Crippen molar-refractivity contribution in [3.8, 4) is 11.6 Å². The number of ether oxygens (including phenoxy) is 2. The number of aryl methyl sites for hydroxylation is 1. The maximum absolute atomic E-state index is 13.7. The number of imidazole rings is 1. The lowest BCUT2D eigenvalue weighted by Gasteiger charge is -2.38. The highest BCUT2D eigenvalue weighted by Crippen LogP contribution is 2.47. The fourth-order valence-corrected chi connectivity index (χ4v) is 4.77. The predicted octanol–water partition coefficient (Wildman–Crippen LogP) is 5.39. The summed E-state index contributed by atoms with van der Waals surface area (Å²) in [5.41, 5.74) is -1.80. The van der Waals surface area contributed by atoms with Gasteiger partial charge in [0.2, 0.25) is 5.75 Å². The van der Waals surface area contributed by atoms with Gasteiger partial charge >= 0.3 is 12.4 Å². The summed E-state index contributed by atoms with van der Waals surface area (Å²) in [6.45, 7) is -0.372. The highest BCUT2D eigenvalue weighted by atomic mass is 35.5. The molecule has 0 fully saturated rings. The second-order valence-corrected chi connectivity index (χ2v) is 9.07. The van der Waals surface area contributed by atoms with Crippen molar-refractivity contribution in [3.05, 3.63) is 58.7 Å². The Labute approximate surface area is 217 Å². The van der Waals surface area contributed by atoms with E-state index in [0.717, 1.165) is 6.21 Å². The number of alkyl halides is 6. The van der Waals surface area contributed by atoms with Gasteiger partial charge in [-0.1, -0.05) is 24.6 Å². The Morgan fingerprint density at radius 2 is 1.87 bits per heavy atom. The Kier molecular flexibility index (Phi) is 7.12. The summed E-state index contributed by atoms with van der Waals surface area (Å²) in [4.78, 5) is 11.7. The van der Waals surface area contributed by atoms with E-state index in [2.05, 4.69) is 15.0 Å². The maximum atomic E-state index is 13.7. The first kappa shape index (κ1) is 27.7. The summed E-state index contributed by atoms with van der Waals surface area (Å²) in [7, 11) is 2.73. The van der Waals surface area contributed by atoms with Crippen LogP contribution in [0.5, 0.6) is 11.6 Å². The van der Waals surface area contributed by atoms with Crippen LogP contribution in [-0.2, 0) is 12.6 Å². The molecule has 3 unspecified atom stereocenters. The average Bonchev–Trinajstić information content (AvgIpc) is 3.27. The van der Waals surface area contributed by atoms with E-state index in [0.29, 0.717) is 0 Å². The van der Waals surface area contributed by atoms with Gasteiger partial charge in [0, 0.05) is 24.6 Å². The molecule has 0 saturated heterocycles. The molecular formula is C24H21ClF6N4O3. The number of allylic oxidation sites excluding steroid dienone is 1. The third-order valence-electron chi connectivity index (χ3n) is 6.25. The van der Waals surface area contributed by atoms with Crippen molar-refractivity contribution < 1.29 is 40.9 Å². The van der Waals surface area contributed by atoms with Gasteiger partial charge in [-0.05, 0) is 29.3 Å². The lowest BCUT2D eigenvalue weighted by Crippen LogP contribution is -2.43. The normalized spacial score (nSPS) is 19.8. The van der Waals surface area contributed by atoms with Crippen LogP contribution in [0.4, 0.5) is 26.3 Å². The van der Waals surface area contributed by atoms with Gasteiger partial charge < -0.3 is 19.1 Å². The van der Waals surface area contributed by atoms with Gasteiger partial charge in [-0.3, -0.25) is 4.99 Å². The minimum Gasteiger partial charge on any atom is -0.478 e. The van der Waals surface area contributed by atoms with Crippen LogP contribution in [0, 0.1) is 5.92 Å². The Morgan fingerprint density at radius 3 is 2.45 bits per heavy atom. The van der Waals surface area contributed by atoms with Gasteiger partial charge in [0.1, 0.15) is 0 Å². The fraction of sp³-hybridized carbons (Fsp3) is 0.375. The molecule has 38 heavy (non-hydrogen) atoms. The van der Waals surface area contributed by atoms with Crippen molar-refractivity contribution >= 4 is 28.7 Å². The van der Waals surface area contributed by atoms with Crippen molar-refractivity contribution in [2.24, 2.45) is 18.0 Å². The van der Waals surface area contributed by atoms with E-state index in [9.17, 15) is 31.4 Å². The van der Waals surface area contributed by atoms with Crippen LogP contribution in [0.3, 0.4) is 0 Å². The molecule has 1 aliphatic heterocycles. The monoisotopic (exact) mass is 562 g/mol. The Morgan fingerprint density at radius 1 is 1.16 bits per heavy atom. The van der Waals surface area contributed by atoms with E-state index in [4.69, 9.17) is 21.1 Å². The third-order valence-corrected chi connectivity index (χ3v) is 6.62. The number of hydrogen-bond acceptors (Lipinski definition) is 6. The number of aliphatic hydroxyl groups is 1. The molecule has 2 aromatic heterocycles. The highest BCUT2D eigenvalue weighted by molar-refractivity contribution is 6.37. The number of hydrogen-bond donors (Lipinski definition) is 1. The van der Waals surface area contributed by atoms with Crippen LogP contribution >= 0.6 is 11.6 Å². The molecule has 0 aliphatic carbocycles. The molecule has 0 saturated carbocycles. The summed E-state index contributed by atoms with van der Waals surface area (Å²) in [6.07, 6.45) is -4.40. The molecule has 3 atom stereocenters. The Hall–Kier alpha value is -3.32. The summed E-state index contributed by atoms with van der Waals surface area (Å²) in [5, 5.41) is 12.0. The van der Waals surface area contributed by atoms with Crippen LogP contribution < -0.4 is 9.47 Å². The molecule has 1 aliphatic rings. The SMILES string of the molecule is COc1nc2ccc(C(O)(C3=CC=NC(C(F)(F)F)C3C)c3cncn3C)cc2c(Cl)c1OCC(F)(F)F. The largest absolute Gasteiger partial charge is 0.478 e. The van der Waals surface area contributed by atoms with E-state index in [-0.39, 0.29) is 38.6 Å². The molecule has 7 nitrogen and oxygen atoms in total. The molecule has 0 bridgehead atoms. The molecule has 3 aromatic rings. The van der Waals surface area contributed by atoms with Crippen molar-refractivity contribution in [1.29, 1.82) is 0 Å². The van der Waals surface area contributed by atoms with Crippen LogP contribution in [0.2, 0.25) is 5.02 Å². The van der Waals surface area contributed by atoms with Gasteiger partial charge in [-0.2, -0.15) is 26.3 Å². The molecular weight excluding hydrogens is 542 g/mol. The number of dihydropyridines is 1. The standard InChI is InChI=1S/C24H21ClF6N4O3/c1-12-15(6-7-33-20(12)24(29,30)31)23(36,17-9-32-11-35(17)2)13-4-5-16-14(8-13)18(25)19(21(34-16)37-3)38-10-22(26,27)28/h4-9,11-12,20,36H,10H2,1-3H3. The minimum absolute atomic E-state index is 0.0242. The average molecular weight is 563 g/mol. The lowest BCUT2D eigenvalue weighted by molar-refractivity contribution is -0.156. The maximum Gasteiger partial charge on any atom is 0.422 e. The van der Waals surface area contributed by atoms with E-state index < -0.39 is 42.3 Å². The molecule has 1 aromatic carbocycles. The number of fused-ring (bicyclic) bond motifs is 1. The second-order valence-electron chi connectivity index (χ2n) is 8.70. The van der Waals surface area contributed by atoms with Crippen LogP contribution in [0.15, 0.2) is 47.4 Å². The van der Waals surface area contributed by atoms with Crippen molar-refractivity contribution in [3.63, 3.8) is 0 Å². The lowest BCUT2D eigenvalue weighted by atomic mass is 9.74. The summed E-state index contributed by atoms with van der Waals surface area (Å²) >= 11 is 6.43. The number of aliphatic imine (C=N–C) groups is 1. The number of halogens is 7. The van der Waals surface area contributed by atoms with Gasteiger partial charge in [0.05, 0.1) is 35.9 Å². The number of methoxy groups -OCH3 is 1. The first-order valence-electron chi connectivity index (χ1n) is 11.1. The van der Waals surface area contributed by atoms with E-state index >= 15 is 0 Å². The molecule has 14 heteroatoms.